The molecule has 0 radical (unpaired) electrons. The molecule has 28 heavy (non-hydrogen) atoms. The number of carbonyl (C=O) groups is 1. The van der Waals surface area contributed by atoms with Crippen LogP contribution in [0.3, 0.4) is 0 Å². The first-order valence-corrected chi connectivity index (χ1v) is 10.4. The van der Waals surface area contributed by atoms with E-state index in [9.17, 15) is 4.79 Å². The van der Waals surface area contributed by atoms with Crippen molar-refractivity contribution in [2.24, 2.45) is 0 Å². The number of carbonyl (C=O) groups excluding carboxylic acids is 1. The molecule has 2 aromatic carbocycles. The zero-order valence-corrected chi connectivity index (χ0v) is 17.6. The van der Waals surface area contributed by atoms with Gasteiger partial charge in [0.1, 0.15) is 0 Å². The number of methoxy groups -OCH3 is 2. The van der Waals surface area contributed by atoms with E-state index in [1.807, 2.05) is 36.6 Å². The van der Waals surface area contributed by atoms with Gasteiger partial charge in [-0.05, 0) is 42.5 Å². The highest BCUT2D eigenvalue weighted by molar-refractivity contribution is 8.23. The SMILES string of the molecule is COc1cc2c(cc1OC)/C(=C(/NC(=O)c1ccccc1)C(=S)SC)NCC2. The third kappa shape index (κ3) is 4.15. The molecule has 1 aliphatic heterocycles. The van der Waals surface area contributed by atoms with Gasteiger partial charge < -0.3 is 20.1 Å². The molecule has 0 aliphatic carbocycles. The average Bonchev–Trinajstić information content (AvgIpc) is 2.75. The predicted molar refractivity (Wildman–Crippen MR) is 118 cm³/mol. The van der Waals surface area contributed by atoms with Crippen LogP contribution < -0.4 is 20.1 Å². The Morgan fingerprint density at radius 2 is 1.82 bits per heavy atom. The van der Waals surface area contributed by atoms with Gasteiger partial charge in [-0.15, -0.1) is 11.8 Å². The zero-order valence-electron chi connectivity index (χ0n) is 16.0. The van der Waals surface area contributed by atoms with Gasteiger partial charge in [0, 0.05) is 17.7 Å². The van der Waals surface area contributed by atoms with Crippen molar-refractivity contribution in [3.8, 4) is 11.5 Å². The maximum absolute atomic E-state index is 12.8. The molecular formula is C21H22N2O3S2. The monoisotopic (exact) mass is 414 g/mol. The van der Waals surface area contributed by atoms with Crippen molar-refractivity contribution in [3.05, 3.63) is 64.9 Å². The molecule has 0 fully saturated rings. The number of fused-ring (bicyclic) bond motifs is 1. The Bertz CT molecular complexity index is 927. The van der Waals surface area contributed by atoms with E-state index in [4.69, 9.17) is 21.7 Å². The fraction of sp³-hybridized carbons (Fsp3) is 0.238. The topological polar surface area (TPSA) is 59.6 Å². The lowest BCUT2D eigenvalue weighted by molar-refractivity contribution is 0.0968. The third-order valence-electron chi connectivity index (χ3n) is 4.49. The number of thioether (sulfide) groups is 1. The summed E-state index contributed by atoms with van der Waals surface area (Å²) in [5.74, 6) is 1.12. The van der Waals surface area contributed by atoms with Crippen LogP contribution in [0.2, 0.25) is 0 Å². The van der Waals surface area contributed by atoms with Crippen LogP contribution in [0.25, 0.3) is 5.70 Å². The summed E-state index contributed by atoms with van der Waals surface area (Å²) in [5.41, 5.74) is 4.04. The molecule has 0 spiro atoms. The van der Waals surface area contributed by atoms with E-state index >= 15 is 0 Å². The zero-order chi connectivity index (χ0) is 20.1. The first-order valence-electron chi connectivity index (χ1n) is 8.77. The quantitative estimate of drug-likeness (QED) is 0.576. The Morgan fingerprint density at radius 1 is 1.14 bits per heavy atom. The van der Waals surface area contributed by atoms with Crippen molar-refractivity contribution >= 4 is 39.8 Å². The van der Waals surface area contributed by atoms with E-state index in [-0.39, 0.29) is 5.91 Å². The molecule has 0 saturated heterocycles. The first-order chi connectivity index (χ1) is 13.6. The van der Waals surface area contributed by atoms with Gasteiger partial charge in [-0.1, -0.05) is 30.4 Å². The smallest absolute Gasteiger partial charge is 0.255 e. The Kier molecular flexibility index (Phi) is 6.59. The molecule has 2 N–H and O–H groups in total. The summed E-state index contributed by atoms with van der Waals surface area (Å²) in [5, 5.41) is 6.41. The van der Waals surface area contributed by atoms with E-state index < -0.39 is 0 Å². The minimum atomic E-state index is -0.200. The molecule has 3 rings (SSSR count). The predicted octanol–water partition coefficient (Wildman–Crippen LogP) is 3.64. The minimum absolute atomic E-state index is 0.200. The summed E-state index contributed by atoms with van der Waals surface area (Å²) in [7, 11) is 3.23. The lowest BCUT2D eigenvalue weighted by atomic mass is 9.96. The molecule has 5 nitrogen and oxygen atoms in total. The lowest BCUT2D eigenvalue weighted by Gasteiger charge is -2.26. The highest BCUT2D eigenvalue weighted by Crippen LogP contribution is 2.36. The van der Waals surface area contributed by atoms with Crippen molar-refractivity contribution in [3.63, 3.8) is 0 Å². The summed E-state index contributed by atoms with van der Waals surface area (Å²) in [6.07, 6.45) is 2.74. The average molecular weight is 415 g/mol. The van der Waals surface area contributed by atoms with Crippen LogP contribution in [0.15, 0.2) is 48.2 Å². The number of amides is 1. The second-order valence-electron chi connectivity index (χ2n) is 6.10. The van der Waals surface area contributed by atoms with Crippen molar-refractivity contribution in [2.75, 3.05) is 27.0 Å². The minimum Gasteiger partial charge on any atom is -0.493 e. The summed E-state index contributed by atoms with van der Waals surface area (Å²) in [4.78, 5) is 12.8. The maximum atomic E-state index is 12.8. The molecule has 0 aromatic heterocycles. The molecule has 146 valence electrons. The van der Waals surface area contributed by atoms with Gasteiger partial charge in [0.05, 0.1) is 29.8 Å². The van der Waals surface area contributed by atoms with Crippen LogP contribution in [-0.2, 0) is 6.42 Å². The van der Waals surface area contributed by atoms with Crippen LogP contribution in [0.5, 0.6) is 11.5 Å². The van der Waals surface area contributed by atoms with E-state index in [1.165, 1.54) is 11.8 Å². The van der Waals surface area contributed by atoms with Crippen LogP contribution in [0.4, 0.5) is 0 Å². The van der Waals surface area contributed by atoms with E-state index in [0.717, 1.165) is 29.8 Å². The van der Waals surface area contributed by atoms with Crippen LogP contribution >= 0.6 is 24.0 Å². The summed E-state index contributed by atoms with van der Waals surface area (Å²) < 4.78 is 11.5. The number of rotatable bonds is 5. The van der Waals surface area contributed by atoms with Gasteiger partial charge in [-0.3, -0.25) is 4.79 Å². The summed E-state index contributed by atoms with van der Waals surface area (Å²) in [6.45, 7) is 0.736. The normalized spacial score (nSPS) is 14.4. The molecular weight excluding hydrogens is 392 g/mol. The van der Waals surface area contributed by atoms with E-state index in [1.54, 1.807) is 26.4 Å². The highest BCUT2D eigenvalue weighted by Gasteiger charge is 2.24. The molecule has 7 heteroatoms. The third-order valence-corrected chi connectivity index (χ3v) is 5.77. The van der Waals surface area contributed by atoms with Gasteiger partial charge >= 0.3 is 0 Å². The number of hydrogen-bond donors (Lipinski definition) is 2. The van der Waals surface area contributed by atoms with Gasteiger partial charge in [0.15, 0.2) is 11.5 Å². The largest absolute Gasteiger partial charge is 0.493 e. The van der Waals surface area contributed by atoms with Gasteiger partial charge in [-0.25, -0.2) is 0 Å². The van der Waals surface area contributed by atoms with E-state index in [0.29, 0.717) is 27.0 Å². The fourth-order valence-corrected chi connectivity index (χ4v) is 3.60. The van der Waals surface area contributed by atoms with Crippen LogP contribution in [0, 0.1) is 0 Å². The Morgan fingerprint density at radius 3 is 2.46 bits per heavy atom. The molecule has 0 unspecified atom stereocenters. The molecule has 1 heterocycles. The Labute approximate surface area is 174 Å². The van der Waals surface area contributed by atoms with Crippen molar-refractivity contribution in [1.82, 2.24) is 10.6 Å². The van der Waals surface area contributed by atoms with Crippen molar-refractivity contribution < 1.29 is 14.3 Å². The summed E-state index contributed by atoms with van der Waals surface area (Å²) in [6, 6.07) is 13.0. The van der Waals surface area contributed by atoms with Crippen molar-refractivity contribution in [2.45, 2.75) is 6.42 Å². The van der Waals surface area contributed by atoms with Crippen molar-refractivity contribution in [1.29, 1.82) is 0 Å². The molecule has 1 aliphatic rings. The maximum Gasteiger partial charge on any atom is 0.255 e. The van der Waals surface area contributed by atoms with Gasteiger partial charge in [0.2, 0.25) is 0 Å². The van der Waals surface area contributed by atoms with Crippen LogP contribution in [0.1, 0.15) is 21.5 Å². The number of ether oxygens (including phenoxy) is 2. The molecule has 0 atom stereocenters. The molecule has 1 amide bonds. The number of hydrogen-bond acceptors (Lipinski definition) is 6. The lowest BCUT2D eigenvalue weighted by Crippen LogP contribution is -2.32. The molecule has 0 bridgehead atoms. The number of nitrogens with one attached hydrogen (secondary N) is 2. The van der Waals surface area contributed by atoms with Gasteiger partial charge in [0.25, 0.3) is 5.91 Å². The number of benzene rings is 2. The second-order valence-corrected chi connectivity index (χ2v) is 7.59. The van der Waals surface area contributed by atoms with E-state index in [2.05, 4.69) is 10.6 Å². The summed E-state index contributed by atoms with van der Waals surface area (Å²) >= 11 is 6.98. The fourth-order valence-electron chi connectivity index (χ4n) is 3.09. The second kappa shape index (κ2) is 9.12. The molecule has 0 saturated carbocycles. The number of thiocarbonyl (C=S) groups is 1. The van der Waals surface area contributed by atoms with Crippen LogP contribution in [-0.4, -0.2) is 37.1 Å². The first kappa shape index (κ1) is 20.2. The standard InChI is InChI=1S/C21H22N2O3S2/c1-25-16-11-14-9-10-22-18(15(14)12-17(16)26-2)19(21(27)28-3)23-20(24)13-7-5-4-6-8-13/h4-8,11-12,22H,9-10H2,1-3H3,(H,23,24)/b19-18-. The highest BCUT2D eigenvalue weighted by atomic mass is 32.2. The molecule has 2 aromatic rings. The van der Waals surface area contributed by atoms with Gasteiger partial charge in [-0.2, -0.15) is 0 Å². The Balaban J connectivity index is 2.09. The Hall–Kier alpha value is -2.51.